The zero-order chi connectivity index (χ0) is 15.4. The summed E-state index contributed by atoms with van der Waals surface area (Å²) in [5.74, 6) is 2.65. The van der Waals surface area contributed by atoms with Gasteiger partial charge < -0.3 is 4.74 Å². The molecule has 0 amide bonds. The Morgan fingerprint density at radius 3 is 1.86 bits per heavy atom. The maximum Gasteiger partial charge on any atom is 0.118 e. The predicted octanol–water partition coefficient (Wildman–Crippen LogP) is 6.05. The van der Waals surface area contributed by atoms with Crippen molar-refractivity contribution in [3.63, 3.8) is 0 Å². The molecule has 22 heavy (non-hydrogen) atoms. The minimum Gasteiger partial charge on any atom is -0.497 e. The lowest BCUT2D eigenvalue weighted by molar-refractivity contribution is 0.319. The Labute approximate surface area is 134 Å². The Morgan fingerprint density at radius 2 is 1.36 bits per heavy atom. The molecule has 0 spiro atoms. The first kappa shape index (κ1) is 15.1. The molecule has 1 aliphatic carbocycles. The molecule has 1 nitrogen and oxygen atoms in total. The average Bonchev–Trinajstić information content (AvgIpc) is 2.62. The zero-order valence-electron chi connectivity index (χ0n) is 13.7. The van der Waals surface area contributed by atoms with Crippen molar-refractivity contribution in [2.75, 3.05) is 7.11 Å². The molecule has 0 atom stereocenters. The van der Waals surface area contributed by atoms with Crippen molar-refractivity contribution in [1.29, 1.82) is 0 Å². The first-order chi connectivity index (χ1) is 10.8. The van der Waals surface area contributed by atoms with E-state index in [1.54, 1.807) is 7.11 Å². The van der Waals surface area contributed by atoms with E-state index < -0.39 is 0 Å². The topological polar surface area (TPSA) is 9.23 Å². The van der Waals surface area contributed by atoms with Crippen molar-refractivity contribution in [3.8, 4) is 16.9 Å². The molecule has 0 unspecified atom stereocenters. The van der Waals surface area contributed by atoms with Crippen LogP contribution in [-0.4, -0.2) is 7.11 Å². The minimum atomic E-state index is 0.771. The number of hydrogen-bond acceptors (Lipinski definition) is 1. The zero-order valence-corrected chi connectivity index (χ0v) is 13.7. The molecule has 116 valence electrons. The average molecular weight is 294 g/mol. The van der Waals surface area contributed by atoms with Crippen LogP contribution in [0.25, 0.3) is 11.1 Å². The number of benzene rings is 2. The van der Waals surface area contributed by atoms with E-state index in [0.717, 1.165) is 17.6 Å². The highest BCUT2D eigenvalue weighted by atomic mass is 16.5. The van der Waals surface area contributed by atoms with Crippen LogP contribution in [-0.2, 0) is 0 Å². The number of hydrogen-bond donors (Lipinski definition) is 0. The van der Waals surface area contributed by atoms with Gasteiger partial charge >= 0.3 is 0 Å². The third-order valence-electron chi connectivity index (χ3n) is 5.23. The van der Waals surface area contributed by atoms with Crippen molar-refractivity contribution in [3.05, 3.63) is 54.1 Å². The molecule has 2 aromatic rings. The number of rotatable bonds is 4. The Morgan fingerprint density at radius 1 is 0.818 bits per heavy atom. The van der Waals surface area contributed by atoms with Crippen molar-refractivity contribution >= 4 is 0 Å². The van der Waals surface area contributed by atoms with E-state index in [1.165, 1.54) is 48.8 Å². The van der Waals surface area contributed by atoms with E-state index in [-0.39, 0.29) is 0 Å². The van der Waals surface area contributed by atoms with Crippen LogP contribution in [0.5, 0.6) is 5.75 Å². The van der Waals surface area contributed by atoms with Crippen molar-refractivity contribution in [1.82, 2.24) is 0 Å². The highest BCUT2D eigenvalue weighted by Gasteiger charge is 2.21. The van der Waals surface area contributed by atoms with Gasteiger partial charge in [0.1, 0.15) is 5.75 Å². The van der Waals surface area contributed by atoms with Gasteiger partial charge in [0.05, 0.1) is 7.11 Å². The van der Waals surface area contributed by atoms with E-state index in [2.05, 4.69) is 43.3 Å². The molecule has 0 bridgehead atoms. The molecule has 0 radical (unpaired) electrons. The molecule has 0 heterocycles. The fraction of sp³-hybridized carbons (Fsp3) is 0.429. The lowest BCUT2D eigenvalue weighted by atomic mass is 9.77. The van der Waals surface area contributed by atoms with Crippen LogP contribution in [0.1, 0.15) is 50.5 Å². The summed E-state index contributed by atoms with van der Waals surface area (Å²) in [6.45, 7) is 2.33. The second-order valence-corrected chi connectivity index (χ2v) is 6.48. The van der Waals surface area contributed by atoms with Crippen molar-refractivity contribution in [2.45, 2.75) is 44.9 Å². The third kappa shape index (κ3) is 3.35. The summed E-state index contributed by atoms with van der Waals surface area (Å²) in [7, 11) is 1.71. The third-order valence-corrected chi connectivity index (χ3v) is 5.23. The first-order valence-electron chi connectivity index (χ1n) is 8.54. The van der Waals surface area contributed by atoms with Crippen LogP contribution in [0.2, 0.25) is 0 Å². The monoisotopic (exact) mass is 294 g/mol. The van der Waals surface area contributed by atoms with E-state index >= 15 is 0 Å². The largest absolute Gasteiger partial charge is 0.497 e. The van der Waals surface area contributed by atoms with Crippen LogP contribution in [0.3, 0.4) is 0 Å². The van der Waals surface area contributed by atoms with Crippen LogP contribution in [0, 0.1) is 5.92 Å². The maximum atomic E-state index is 5.22. The Balaban J connectivity index is 1.69. The molecule has 1 heteroatoms. The molecule has 0 N–H and O–H groups in total. The van der Waals surface area contributed by atoms with Crippen LogP contribution in [0.15, 0.2) is 48.5 Å². The van der Waals surface area contributed by atoms with Gasteiger partial charge in [0, 0.05) is 0 Å². The van der Waals surface area contributed by atoms with Gasteiger partial charge in [0.2, 0.25) is 0 Å². The van der Waals surface area contributed by atoms with Gasteiger partial charge in [0.15, 0.2) is 0 Å². The summed E-state index contributed by atoms with van der Waals surface area (Å²) in [5, 5.41) is 0. The van der Waals surface area contributed by atoms with Gasteiger partial charge in [-0.3, -0.25) is 0 Å². The van der Waals surface area contributed by atoms with Crippen LogP contribution < -0.4 is 4.74 Å². The number of methoxy groups -OCH3 is 1. The van der Waals surface area contributed by atoms with Crippen LogP contribution in [0.4, 0.5) is 0 Å². The van der Waals surface area contributed by atoms with Gasteiger partial charge in [-0.2, -0.15) is 0 Å². The normalized spacial score (nSPS) is 21.5. The van der Waals surface area contributed by atoms with E-state index in [4.69, 9.17) is 4.74 Å². The summed E-state index contributed by atoms with van der Waals surface area (Å²) >= 11 is 0. The maximum absolute atomic E-state index is 5.22. The first-order valence-corrected chi connectivity index (χ1v) is 8.54. The highest BCUT2D eigenvalue weighted by molar-refractivity contribution is 5.64. The molecule has 0 aromatic heterocycles. The molecular formula is C21H26O. The molecule has 1 saturated carbocycles. The van der Waals surface area contributed by atoms with Gasteiger partial charge in [-0.05, 0) is 66.3 Å². The summed E-state index contributed by atoms with van der Waals surface area (Å²) < 4.78 is 5.22. The summed E-state index contributed by atoms with van der Waals surface area (Å²) in [6, 6.07) is 17.5. The van der Waals surface area contributed by atoms with E-state index in [0.29, 0.717) is 0 Å². The standard InChI is InChI=1S/C21H26O/c1-3-16-4-6-17(7-5-16)18-8-10-19(11-9-18)20-12-14-21(22-2)15-13-20/h8-17H,3-7H2,1-2H3. The molecule has 3 rings (SSSR count). The summed E-state index contributed by atoms with van der Waals surface area (Å²) in [5.41, 5.74) is 4.06. The Hall–Kier alpha value is -1.76. The molecule has 1 aliphatic rings. The molecular weight excluding hydrogens is 268 g/mol. The number of ether oxygens (including phenoxy) is 1. The summed E-state index contributed by atoms with van der Waals surface area (Å²) in [4.78, 5) is 0. The van der Waals surface area contributed by atoms with Crippen LogP contribution >= 0.6 is 0 Å². The molecule has 1 fully saturated rings. The fourth-order valence-corrected chi connectivity index (χ4v) is 3.64. The molecule has 0 saturated heterocycles. The highest BCUT2D eigenvalue weighted by Crippen LogP contribution is 2.37. The quantitative estimate of drug-likeness (QED) is 0.667. The van der Waals surface area contributed by atoms with E-state index in [9.17, 15) is 0 Å². The Kier molecular flexibility index (Phi) is 4.82. The second-order valence-electron chi connectivity index (χ2n) is 6.48. The van der Waals surface area contributed by atoms with Crippen molar-refractivity contribution in [2.24, 2.45) is 5.92 Å². The lowest BCUT2D eigenvalue weighted by Gasteiger charge is -2.28. The van der Waals surface area contributed by atoms with E-state index in [1.807, 2.05) is 12.1 Å². The smallest absolute Gasteiger partial charge is 0.118 e. The SMILES string of the molecule is CCC1CCC(c2ccc(-c3ccc(OC)cc3)cc2)CC1. The second kappa shape index (κ2) is 7.00. The van der Waals surface area contributed by atoms with Crippen molar-refractivity contribution < 1.29 is 4.74 Å². The minimum absolute atomic E-state index is 0.771. The van der Waals surface area contributed by atoms with Gasteiger partial charge in [-0.25, -0.2) is 0 Å². The molecule has 2 aromatic carbocycles. The lowest BCUT2D eigenvalue weighted by Crippen LogP contribution is -2.12. The molecule has 0 aliphatic heterocycles. The van der Waals surface area contributed by atoms with Gasteiger partial charge in [-0.15, -0.1) is 0 Å². The van der Waals surface area contributed by atoms with Gasteiger partial charge in [0.25, 0.3) is 0 Å². The summed E-state index contributed by atoms with van der Waals surface area (Å²) in [6.07, 6.45) is 6.88. The predicted molar refractivity (Wildman–Crippen MR) is 93.4 cm³/mol. The fourth-order valence-electron chi connectivity index (χ4n) is 3.64. The Bertz CT molecular complexity index is 574. The van der Waals surface area contributed by atoms with Gasteiger partial charge in [-0.1, -0.05) is 49.7 Å².